The second-order valence-corrected chi connectivity index (χ2v) is 7.22. The number of hydrogen-bond acceptors (Lipinski definition) is 5. The first kappa shape index (κ1) is 21.3. The van der Waals surface area contributed by atoms with Crippen LogP contribution in [0, 0.1) is 0 Å². The van der Waals surface area contributed by atoms with Crippen LogP contribution in [-0.2, 0) is 14.3 Å². The van der Waals surface area contributed by atoms with Crippen molar-refractivity contribution in [2.24, 2.45) is 0 Å². The fourth-order valence-corrected chi connectivity index (χ4v) is 3.61. The molecular weight excluding hydrogens is 388 g/mol. The Kier molecular flexibility index (Phi) is 6.68. The minimum atomic E-state index is -1.38. The quantitative estimate of drug-likeness (QED) is 0.525. The van der Waals surface area contributed by atoms with Crippen molar-refractivity contribution in [3.8, 4) is 11.1 Å². The van der Waals surface area contributed by atoms with Crippen molar-refractivity contribution < 1.29 is 29.3 Å². The van der Waals surface area contributed by atoms with Crippen LogP contribution < -0.4 is 10.6 Å². The van der Waals surface area contributed by atoms with Crippen LogP contribution >= 0.6 is 0 Å². The van der Waals surface area contributed by atoms with Crippen LogP contribution in [0.15, 0.2) is 48.5 Å². The van der Waals surface area contributed by atoms with E-state index < -0.39 is 36.7 Å². The van der Waals surface area contributed by atoms with Crippen molar-refractivity contribution in [3.63, 3.8) is 0 Å². The molecule has 4 N–H and O–H groups in total. The van der Waals surface area contributed by atoms with Gasteiger partial charge < -0.3 is 25.6 Å². The molecule has 3 rings (SSSR count). The van der Waals surface area contributed by atoms with Crippen LogP contribution in [0.2, 0.25) is 0 Å². The highest BCUT2D eigenvalue weighted by Gasteiger charge is 2.29. The van der Waals surface area contributed by atoms with Crippen molar-refractivity contribution in [2.75, 3.05) is 13.2 Å². The van der Waals surface area contributed by atoms with Gasteiger partial charge >= 0.3 is 12.1 Å². The molecule has 158 valence electrons. The van der Waals surface area contributed by atoms with E-state index in [2.05, 4.69) is 10.6 Å². The maximum absolute atomic E-state index is 12.2. The molecule has 2 aromatic carbocycles. The van der Waals surface area contributed by atoms with Crippen LogP contribution in [-0.4, -0.2) is 53.5 Å². The van der Waals surface area contributed by atoms with Gasteiger partial charge in [0, 0.05) is 18.4 Å². The number of rotatable bonds is 8. The zero-order chi connectivity index (χ0) is 21.7. The molecular formula is C22H24N2O6. The smallest absolute Gasteiger partial charge is 0.407 e. The first-order valence-corrected chi connectivity index (χ1v) is 9.65. The van der Waals surface area contributed by atoms with Crippen LogP contribution in [0.25, 0.3) is 11.1 Å². The Morgan fingerprint density at radius 2 is 1.57 bits per heavy atom. The highest BCUT2D eigenvalue weighted by Crippen LogP contribution is 2.44. The third kappa shape index (κ3) is 4.77. The number of benzene rings is 2. The molecule has 0 saturated heterocycles. The fraction of sp³-hybridized carbons (Fsp3) is 0.318. The lowest BCUT2D eigenvalue weighted by Crippen LogP contribution is -2.45. The summed E-state index contributed by atoms with van der Waals surface area (Å²) in [6, 6.07) is 14.0. The number of fused-ring (bicyclic) bond motifs is 3. The summed E-state index contributed by atoms with van der Waals surface area (Å²) >= 11 is 0. The number of nitrogens with one attached hydrogen (secondary N) is 2. The van der Waals surface area contributed by atoms with Gasteiger partial charge in [-0.2, -0.15) is 0 Å². The van der Waals surface area contributed by atoms with E-state index in [1.165, 1.54) is 0 Å². The minimum Gasteiger partial charge on any atom is -0.480 e. The Morgan fingerprint density at radius 3 is 2.10 bits per heavy atom. The van der Waals surface area contributed by atoms with E-state index in [0.717, 1.165) is 22.3 Å². The molecule has 2 aromatic rings. The summed E-state index contributed by atoms with van der Waals surface area (Å²) in [6.45, 7) is 1.05. The lowest BCUT2D eigenvalue weighted by atomic mass is 9.98. The highest BCUT2D eigenvalue weighted by molar-refractivity contribution is 5.84. The zero-order valence-electron chi connectivity index (χ0n) is 16.5. The normalized spacial score (nSPS) is 14.2. The molecule has 0 aliphatic heterocycles. The topological polar surface area (TPSA) is 125 Å². The maximum atomic E-state index is 12.2. The molecule has 30 heavy (non-hydrogen) atoms. The number of ether oxygens (including phenoxy) is 1. The molecule has 0 saturated carbocycles. The van der Waals surface area contributed by atoms with Crippen LogP contribution in [0.1, 0.15) is 30.4 Å². The molecule has 8 nitrogen and oxygen atoms in total. The summed E-state index contributed by atoms with van der Waals surface area (Å²) in [5.74, 6) is -1.99. The number of aliphatic hydroxyl groups excluding tert-OH is 1. The monoisotopic (exact) mass is 412 g/mol. The van der Waals surface area contributed by atoms with Gasteiger partial charge in [-0.3, -0.25) is 4.79 Å². The lowest BCUT2D eigenvalue weighted by molar-refractivity contribution is -0.143. The molecule has 0 heterocycles. The van der Waals surface area contributed by atoms with E-state index in [9.17, 15) is 14.4 Å². The van der Waals surface area contributed by atoms with Gasteiger partial charge in [0.25, 0.3) is 0 Å². The second kappa shape index (κ2) is 9.41. The van der Waals surface area contributed by atoms with E-state index >= 15 is 0 Å². The van der Waals surface area contributed by atoms with Gasteiger partial charge in [0.15, 0.2) is 0 Å². The minimum absolute atomic E-state index is 0.0670. The Bertz CT molecular complexity index is 899. The van der Waals surface area contributed by atoms with Gasteiger partial charge in [0.2, 0.25) is 5.91 Å². The highest BCUT2D eigenvalue weighted by atomic mass is 16.5. The molecule has 0 aromatic heterocycles. The number of aliphatic carboxylic acids is 1. The van der Waals surface area contributed by atoms with E-state index in [1.807, 2.05) is 48.5 Å². The first-order valence-electron chi connectivity index (χ1n) is 9.65. The van der Waals surface area contributed by atoms with Gasteiger partial charge in [-0.1, -0.05) is 48.5 Å². The summed E-state index contributed by atoms with van der Waals surface area (Å²) in [4.78, 5) is 34.9. The molecule has 1 aliphatic rings. The molecule has 0 radical (unpaired) electrons. The van der Waals surface area contributed by atoms with E-state index in [4.69, 9.17) is 14.9 Å². The van der Waals surface area contributed by atoms with Crippen molar-refractivity contribution in [2.45, 2.75) is 31.3 Å². The van der Waals surface area contributed by atoms with Crippen LogP contribution in [0.3, 0.4) is 0 Å². The molecule has 8 heteroatoms. The predicted molar refractivity (Wildman–Crippen MR) is 109 cm³/mol. The maximum Gasteiger partial charge on any atom is 0.407 e. The van der Waals surface area contributed by atoms with Crippen molar-refractivity contribution in [1.82, 2.24) is 10.6 Å². The first-order chi connectivity index (χ1) is 14.4. The van der Waals surface area contributed by atoms with Gasteiger partial charge in [-0.25, -0.2) is 9.59 Å². The Hall–Kier alpha value is -3.39. The molecule has 2 amide bonds. The Morgan fingerprint density at radius 1 is 1.00 bits per heavy atom. The number of hydrogen-bond donors (Lipinski definition) is 4. The lowest BCUT2D eigenvalue weighted by Gasteiger charge is -2.18. The standard InChI is InChI=1S/C22H24N2O6/c1-13(10-20(26)24-19(11-25)21(27)28)23-22(29)30-12-18-16-8-4-2-6-14(16)15-7-3-5-9-17(15)18/h2-9,13,18-19,25H,10-12H2,1H3,(H,23,29)(H,24,26)(H,27,28)/t13-,19?/m0/s1. The number of amides is 2. The molecule has 0 bridgehead atoms. The third-order valence-corrected chi connectivity index (χ3v) is 5.02. The van der Waals surface area contributed by atoms with E-state index in [0.29, 0.717) is 0 Å². The molecule has 1 aliphatic carbocycles. The molecule has 1 unspecified atom stereocenters. The molecule has 0 spiro atoms. The van der Waals surface area contributed by atoms with Crippen LogP contribution in [0.5, 0.6) is 0 Å². The van der Waals surface area contributed by atoms with Crippen LogP contribution in [0.4, 0.5) is 4.79 Å². The third-order valence-electron chi connectivity index (χ3n) is 5.02. The molecule has 2 atom stereocenters. The average molecular weight is 412 g/mol. The van der Waals surface area contributed by atoms with Crippen molar-refractivity contribution in [3.05, 3.63) is 59.7 Å². The van der Waals surface area contributed by atoms with Gasteiger partial charge in [0.05, 0.1) is 6.61 Å². The summed E-state index contributed by atoms with van der Waals surface area (Å²) in [5.41, 5.74) is 4.46. The summed E-state index contributed by atoms with van der Waals surface area (Å²) in [7, 11) is 0. The predicted octanol–water partition coefficient (Wildman–Crippen LogP) is 1.87. The summed E-state index contributed by atoms with van der Waals surface area (Å²) < 4.78 is 5.42. The number of carboxylic acids is 1. The number of carbonyl (C=O) groups excluding carboxylic acids is 2. The Balaban J connectivity index is 1.54. The Labute approximate surface area is 173 Å². The number of carboxylic acid groups (broad SMARTS) is 1. The fourth-order valence-electron chi connectivity index (χ4n) is 3.61. The van der Waals surface area contributed by atoms with Gasteiger partial charge in [-0.05, 0) is 29.2 Å². The number of alkyl carbamates (subject to hydrolysis) is 1. The van der Waals surface area contributed by atoms with Gasteiger partial charge in [0.1, 0.15) is 12.6 Å². The average Bonchev–Trinajstić information content (AvgIpc) is 3.04. The number of carbonyl (C=O) groups is 3. The summed E-state index contributed by atoms with van der Waals surface area (Å²) in [6.07, 6.45) is -0.803. The van der Waals surface area contributed by atoms with E-state index in [1.54, 1.807) is 6.92 Å². The zero-order valence-corrected chi connectivity index (χ0v) is 16.5. The van der Waals surface area contributed by atoms with Gasteiger partial charge in [-0.15, -0.1) is 0 Å². The SMILES string of the molecule is C[C@@H](CC(=O)NC(CO)C(=O)O)NC(=O)OCC1c2ccccc2-c2ccccc21. The molecule has 0 fully saturated rings. The van der Waals surface area contributed by atoms with Crippen molar-refractivity contribution >= 4 is 18.0 Å². The van der Waals surface area contributed by atoms with E-state index in [-0.39, 0.29) is 18.9 Å². The summed E-state index contributed by atoms with van der Waals surface area (Å²) in [5, 5.41) is 22.6. The van der Waals surface area contributed by atoms with Crippen molar-refractivity contribution in [1.29, 1.82) is 0 Å². The number of aliphatic hydroxyl groups is 1. The second-order valence-electron chi connectivity index (χ2n) is 7.22. The largest absolute Gasteiger partial charge is 0.480 e.